The van der Waals surface area contributed by atoms with Crippen molar-refractivity contribution in [3.63, 3.8) is 0 Å². The van der Waals surface area contributed by atoms with Crippen LogP contribution in [0.25, 0.3) is 0 Å². The van der Waals surface area contributed by atoms with Gasteiger partial charge >= 0.3 is 0 Å². The molecule has 1 amide bonds. The van der Waals surface area contributed by atoms with Gasteiger partial charge in [0.2, 0.25) is 15.9 Å². The van der Waals surface area contributed by atoms with E-state index in [9.17, 15) is 13.2 Å². The maximum absolute atomic E-state index is 13.6. The van der Waals surface area contributed by atoms with Gasteiger partial charge < -0.3 is 10.1 Å². The molecule has 0 bridgehead atoms. The molecule has 1 aliphatic rings. The molecule has 0 fully saturated rings. The fraction of sp³-hybridized carbons (Fsp3) is 0.321. The van der Waals surface area contributed by atoms with E-state index in [1.807, 2.05) is 69.3 Å². The van der Waals surface area contributed by atoms with Gasteiger partial charge in [-0.05, 0) is 68.1 Å². The first kappa shape index (κ1) is 24.9. The molecule has 1 aliphatic heterocycles. The maximum atomic E-state index is 13.6. The Morgan fingerprint density at radius 3 is 2.40 bits per heavy atom. The number of carbonyl (C=O) groups is 1. The monoisotopic (exact) mass is 492 g/mol. The van der Waals surface area contributed by atoms with Gasteiger partial charge in [0.05, 0.1) is 17.0 Å². The highest BCUT2D eigenvalue weighted by Gasteiger charge is 2.37. The Morgan fingerprint density at radius 2 is 1.71 bits per heavy atom. The number of nitrogens with zero attached hydrogens (tertiary/aromatic N) is 1. The molecule has 184 valence electrons. The van der Waals surface area contributed by atoms with Gasteiger partial charge in [-0.25, -0.2) is 8.42 Å². The third kappa shape index (κ3) is 5.92. The van der Waals surface area contributed by atoms with E-state index in [0.717, 1.165) is 28.0 Å². The Balaban J connectivity index is 1.51. The molecule has 0 unspecified atom stereocenters. The molecular formula is C28H32N2O4S. The molecule has 0 aromatic heterocycles. The average molecular weight is 493 g/mol. The number of amides is 1. The summed E-state index contributed by atoms with van der Waals surface area (Å²) in [6.45, 7) is 6.56. The number of rotatable bonds is 8. The highest BCUT2D eigenvalue weighted by Crippen LogP contribution is 2.36. The summed E-state index contributed by atoms with van der Waals surface area (Å²) >= 11 is 0. The first-order chi connectivity index (χ1) is 16.7. The highest BCUT2D eigenvalue weighted by molar-refractivity contribution is 7.89. The molecule has 3 aromatic carbocycles. The Hall–Kier alpha value is -3.16. The van der Waals surface area contributed by atoms with Crippen LogP contribution in [0.3, 0.4) is 0 Å². The Morgan fingerprint density at radius 1 is 1.03 bits per heavy atom. The first-order valence-corrected chi connectivity index (χ1v) is 13.4. The number of carbonyl (C=O) groups excluding carboxylic acids is 1. The minimum absolute atomic E-state index is 0.0522. The smallest absolute Gasteiger partial charge is 0.243 e. The lowest BCUT2D eigenvalue weighted by molar-refractivity contribution is -0.122. The van der Waals surface area contributed by atoms with Crippen molar-refractivity contribution in [2.75, 3.05) is 6.54 Å². The summed E-state index contributed by atoms with van der Waals surface area (Å²) in [4.78, 5) is 13.3. The van der Waals surface area contributed by atoms with Crippen LogP contribution in [0.4, 0.5) is 0 Å². The van der Waals surface area contributed by atoms with Crippen LogP contribution in [-0.2, 0) is 27.8 Å². The Bertz CT molecular complexity index is 1270. The zero-order valence-corrected chi connectivity index (χ0v) is 21.2. The zero-order chi connectivity index (χ0) is 25.0. The number of benzene rings is 3. The lowest BCUT2D eigenvalue weighted by Crippen LogP contribution is -2.42. The van der Waals surface area contributed by atoms with Crippen LogP contribution in [0.15, 0.2) is 77.7 Å². The number of hydrogen-bond acceptors (Lipinski definition) is 4. The number of sulfonamides is 1. The molecule has 0 saturated carbocycles. The topological polar surface area (TPSA) is 75.7 Å². The molecule has 0 aliphatic carbocycles. The molecule has 3 aromatic rings. The normalized spacial score (nSPS) is 16.1. The van der Waals surface area contributed by atoms with Gasteiger partial charge in [-0.15, -0.1) is 0 Å². The van der Waals surface area contributed by atoms with E-state index in [4.69, 9.17) is 4.74 Å². The van der Waals surface area contributed by atoms with Crippen LogP contribution in [0.2, 0.25) is 0 Å². The van der Waals surface area contributed by atoms with Crippen LogP contribution in [0, 0.1) is 6.92 Å². The van der Waals surface area contributed by atoms with Gasteiger partial charge in [-0.2, -0.15) is 4.31 Å². The number of fused-ring (bicyclic) bond motifs is 1. The number of nitrogens with one attached hydrogen (secondary N) is 1. The predicted molar refractivity (Wildman–Crippen MR) is 137 cm³/mol. The third-order valence-electron chi connectivity index (χ3n) is 6.15. The van der Waals surface area contributed by atoms with E-state index >= 15 is 0 Å². The molecule has 35 heavy (non-hydrogen) atoms. The van der Waals surface area contributed by atoms with E-state index in [1.165, 1.54) is 4.31 Å². The van der Waals surface area contributed by atoms with Crippen molar-refractivity contribution >= 4 is 15.9 Å². The molecule has 6 nitrogen and oxygen atoms in total. The fourth-order valence-electron chi connectivity index (χ4n) is 4.38. The molecule has 1 atom stereocenters. The zero-order valence-electron chi connectivity index (χ0n) is 20.4. The molecule has 1 heterocycles. The van der Waals surface area contributed by atoms with E-state index in [1.54, 1.807) is 24.3 Å². The molecule has 0 radical (unpaired) electrons. The van der Waals surface area contributed by atoms with Gasteiger partial charge in [0.15, 0.2) is 0 Å². The van der Waals surface area contributed by atoms with Gasteiger partial charge in [-0.3, -0.25) is 4.79 Å². The quantitative estimate of drug-likeness (QED) is 0.491. The van der Waals surface area contributed by atoms with Crippen molar-refractivity contribution in [2.45, 2.75) is 57.2 Å². The van der Waals surface area contributed by atoms with Crippen molar-refractivity contribution < 1.29 is 17.9 Å². The third-order valence-corrected chi connectivity index (χ3v) is 8.08. The summed E-state index contributed by atoms with van der Waals surface area (Å²) < 4.78 is 34.3. The number of aryl methyl sites for hydroxylation is 1. The van der Waals surface area contributed by atoms with Gasteiger partial charge in [0.1, 0.15) is 5.75 Å². The van der Waals surface area contributed by atoms with Crippen molar-refractivity contribution in [3.8, 4) is 5.75 Å². The minimum atomic E-state index is -3.76. The second-order valence-electron chi connectivity index (χ2n) is 9.18. The summed E-state index contributed by atoms with van der Waals surface area (Å²) in [5, 5.41) is 2.96. The van der Waals surface area contributed by atoms with Crippen LogP contribution in [0.1, 0.15) is 48.6 Å². The number of hydrogen-bond donors (Lipinski definition) is 1. The maximum Gasteiger partial charge on any atom is 0.243 e. The van der Waals surface area contributed by atoms with Crippen molar-refractivity contribution in [2.24, 2.45) is 0 Å². The predicted octanol–water partition coefficient (Wildman–Crippen LogP) is 4.78. The Kier molecular flexibility index (Phi) is 7.57. The second-order valence-corrected chi connectivity index (χ2v) is 11.1. The summed E-state index contributed by atoms with van der Waals surface area (Å²) in [7, 11) is -3.76. The van der Waals surface area contributed by atoms with Crippen molar-refractivity contribution in [3.05, 3.63) is 95.1 Å². The lowest BCUT2D eigenvalue weighted by atomic mass is 9.92. The van der Waals surface area contributed by atoms with E-state index in [0.29, 0.717) is 19.5 Å². The van der Waals surface area contributed by atoms with E-state index in [-0.39, 0.29) is 23.3 Å². The van der Waals surface area contributed by atoms with Gasteiger partial charge in [-0.1, -0.05) is 54.1 Å². The van der Waals surface area contributed by atoms with Crippen LogP contribution < -0.4 is 10.1 Å². The van der Waals surface area contributed by atoms with Crippen LogP contribution >= 0.6 is 0 Å². The van der Waals surface area contributed by atoms with Crippen molar-refractivity contribution in [1.82, 2.24) is 9.62 Å². The summed E-state index contributed by atoms with van der Waals surface area (Å²) in [6.07, 6.45) is 0.763. The van der Waals surface area contributed by atoms with Crippen molar-refractivity contribution in [1.29, 1.82) is 0 Å². The highest BCUT2D eigenvalue weighted by atomic mass is 32.2. The Labute approximate surface area is 208 Å². The molecule has 4 rings (SSSR count). The van der Waals surface area contributed by atoms with Gasteiger partial charge in [0, 0.05) is 19.5 Å². The fourth-order valence-corrected chi connectivity index (χ4v) is 5.99. The SMILES string of the molecule is Cc1ccc(S(=O)(=O)N2CCc3ccccc3[C@H]2CC(=O)NCc2ccc(OC(C)C)cc2)cc1. The first-order valence-electron chi connectivity index (χ1n) is 11.9. The second kappa shape index (κ2) is 10.6. The molecule has 1 N–H and O–H groups in total. The standard InChI is InChI=1S/C28H32N2O4S/c1-20(2)34-24-12-10-22(11-13-24)19-29-28(31)18-27-26-7-5-4-6-23(26)16-17-30(27)35(32,33)25-14-8-21(3)9-15-25/h4-15,20,27H,16-19H2,1-3H3,(H,29,31)/t27-/m1/s1. The molecule has 7 heteroatoms. The van der Waals surface area contributed by atoms with Gasteiger partial charge in [0.25, 0.3) is 0 Å². The number of ether oxygens (including phenoxy) is 1. The minimum Gasteiger partial charge on any atom is -0.491 e. The van der Waals surface area contributed by atoms with E-state index < -0.39 is 16.1 Å². The summed E-state index contributed by atoms with van der Waals surface area (Å²) in [5.74, 6) is 0.587. The largest absolute Gasteiger partial charge is 0.491 e. The molecule has 0 spiro atoms. The summed E-state index contributed by atoms with van der Waals surface area (Å²) in [5.41, 5.74) is 3.91. The lowest BCUT2D eigenvalue weighted by Gasteiger charge is -2.36. The van der Waals surface area contributed by atoms with Crippen LogP contribution in [0.5, 0.6) is 5.75 Å². The van der Waals surface area contributed by atoms with E-state index in [2.05, 4.69) is 5.32 Å². The van der Waals surface area contributed by atoms with Crippen LogP contribution in [-0.4, -0.2) is 31.3 Å². The summed E-state index contributed by atoms with van der Waals surface area (Å²) in [6, 6.07) is 21.7. The molecular weight excluding hydrogens is 460 g/mol. The average Bonchev–Trinajstić information content (AvgIpc) is 2.83. The molecule has 0 saturated heterocycles.